The molecule has 6 nitrogen and oxygen atoms in total. The number of benzene rings is 1. The highest BCUT2D eigenvalue weighted by Crippen LogP contribution is 2.32. The molecule has 0 bridgehead atoms. The molecule has 1 amide bonds. The van der Waals surface area contributed by atoms with Crippen molar-refractivity contribution in [2.24, 2.45) is 0 Å². The highest BCUT2D eigenvalue weighted by atomic mass is 16.5. The van der Waals surface area contributed by atoms with Crippen LogP contribution in [0.1, 0.15) is 24.4 Å². The minimum Gasteiger partial charge on any atom is -0.490 e. The molecule has 19 heavy (non-hydrogen) atoms. The molecular weight excluding hydrogens is 250 g/mol. The monoisotopic (exact) mass is 265 g/mol. The van der Waals surface area contributed by atoms with Gasteiger partial charge in [0, 0.05) is 6.42 Å². The zero-order valence-electron chi connectivity index (χ0n) is 10.3. The van der Waals surface area contributed by atoms with Gasteiger partial charge in [-0.25, -0.2) is 0 Å². The number of hydrogen-bond donors (Lipinski definition) is 2. The van der Waals surface area contributed by atoms with Gasteiger partial charge >= 0.3 is 5.97 Å². The van der Waals surface area contributed by atoms with Gasteiger partial charge in [0.2, 0.25) is 6.41 Å². The highest BCUT2D eigenvalue weighted by molar-refractivity contribution is 5.68. The fourth-order valence-corrected chi connectivity index (χ4v) is 1.93. The molecule has 2 rings (SSSR count). The van der Waals surface area contributed by atoms with Crippen LogP contribution in [0.4, 0.5) is 0 Å². The summed E-state index contributed by atoms with van der Waals surface area (Å²) in [6.45, 7) is 1.15. The van der Waals surface area contributed by atoms with Crippen LogP contribution in [0.25, 0.3) is 0 Å². The summed E-state index contributed by atoms with van der Waals surface area (Å²) in [6.07, 6.45) is 1.12. The number of amides is 1. The minimum absolute atomic E-state index is 0.182. The molecule has 0 aliphatic carbocycles. The third kappa shape index (κ3) is 3.37. The van der Waals surface area contributed by atoms with Gasteiger partial charge in [-0.2, -0.15) is 0 Å². The molecule has 0 radical (unpaired) electrons. The van der Waals surface area contributed by atoms with Gasteiger partial charge in [0.15, 0.2) is 11.5 Å². The summed E-state index contributed by atoms with van der Waals surface area (Å²) < 4.78 is 11.0. The number of ether oxygens (including phenoxy) is 2. The first-order valence-corrected chi connectivity index (χ1v) is 6.01. The van der Waals surface area contributed by atoms with E-state index in [0.29, 0.717) is 36.7 Å². The summed E-state index contributed by atoms with van der Waals surface area (Å²) in [5, 5.41) is 11.3. The van der Waals surface area contributed by atoms with E-state index < -0.39 is 12.0 Å². The fraction of sp³-hybridized carbons (Fsp3) is 0.385. The van der Waals surface area contributed by atoms with E-state index in [0.717, 1.165) is 6.42 Å². The molecule has 1 aromatic rings. The van der Waals surface area contributed by atoms with Crippen molar-refractivity contribution < 1.29 is 24.2 Å². The van der Waals surface area contributed by atoms with Crippen LogP contribution in [0.5, 0.6) is 11.5 Å². The molecule has 0 fully saturated rings. The lowest BCUT2D eigenvalue weighted by atomic mass is 10.0. The van der Waals surface area contributed by atoms with Gasteiger partial charge in [0.05, 0.1) is 25.7 Å². The third-order valence-electron chi connectivity index (χ3n) is 2.82. The number of fused-ring (bicyclic) bond motifs is 1. The normalized spacial score (nSPS) is 15.2. The number of carbonyl (C=O) groups is 2. The van der Waals surface area contributed by atoms with Gasteiger partial charge in [-0.1, -0.05) is 6.07 Å². The average Bonchev–Trinajstić information content (AvgIpc) is 2.62. The predicted octanol–water partition coefficient (Wildman–Crippen LogP) is 1.11. The Labute approximate surface area is 110 Å². The zero-order valence-corrected chi connectivity index (χ0v) is 10.3. The van der Waals surface area contributed by atoms with Crippen molar-refractivity contribution in [3.8, 4) is 11.5 Å². The number of nitrogens with one attached hydrogen (secondary N) is 1. The Morgan fingerprint density at radius 3 is 2.79 bits per heavy atom. The quantitative estimate of drug-likeness (QED) is 0.779. The lowest BCUT2D eigenvalue weighted by Gasteiger charge is -2.16. The van der Waals surface area contributed by atoms with E-state index in [4.69, 9.17) is 14.6 Å². The summed E-state index contributed by atoms with van der Waals surface area (Å²) in [5.41, 5.74) is 0.679. The molecular formula is C13H15NO5. The Bertz CT molecular complexity index is 474. The van der Waals surface area contributed by atoms with Gasteiger partial charge < -0.3 is 19.9 Å². The van der Waals surface area contributed by atoms with E-state index in [2.05, 4.69) is 5.32 Å². The number of hydrogen-bond acceptors (Lipinski definition) is 4. The summed E-state index contributed by atoms with van der Waals surface area (Å²) in [5.74, 6) is 0.242. The summed E-state index contributed by atoms with van der Waals surface area (Å²) in [6, 6.07) is 4.60. The van der Waals surface area contributed by atoms with E-state index >= 15 is 0 Å². The number of carboxylic acids is 1. The molecule has 0 spiro atoms. The average molecular weight is 265 g/mol. The molecule has 0 saturated carbocycles. The SMILES string of the molecule is O=CN[C@H](CC(=O)O)c1ccc2c(c1)OCCCO2. The maximum atomic E-state index is 10.8. The van der Waals surface area contributed by atoms with Gasteiger partial charge in [-0.15, -0.1) is 0 Å². The first kappa shape index (κ1) is 13.2. The number of aliphatic carboxylic acids is 1. The van der Waals surface area contributed by atoms with E-state index in [-0.39, 0.29) is 6.42 Å². The molecule has 1 aliphatic heterocycles. The van der Waals surface area contributed by atoms with Crippen LogP contribution >= 0.6 is 0 Å². The Kier molecular flexibility index (Phi) is 4.22. The van der Waals surface area contributed by atoms with Crippen LogP contribution in [-0.4, -0.2) is 30.7 Å². The Hall–Kier alpha value is -2.24. The Balaban J connectivity index is 2.24. The van der Waals surface area contributed by atoms with E-state index in [1.54, 1.807) is 18.2 Å². The second-order valence-electron chi connectivity index (χ2n) is 4.19. The van der Waals surface area contributed by atoms with Crippen LogP contribution in [0, 0.1) is 0 Å². The van der Waals surface area contributed by atoms with Crippen LogP contribution in [0.2, 0.25) is 0 Å². The van der Waals surface area contributed by atoms with Crippen molar-refractivity contribution in [1.29, 1.82) is 0 Å². The van der Waals surface area contributed by atoms with Crippen molar-refractivity contribution in [3.63, 3.8) is 0 Å². The first-order valence-electron chi connectivity index (χ1n) is 6.01. The van der Waals surface area contributed by atoms with Crippen molar-refractivity contribution in [1.82, 2.24) is 5.32 Å². The largest absolute Gasteiger partial charge is 0.490 e. The highest BCUT2D eigenvalue weighted by Gasteiger charge is 2.18. The van der Waals surface area contributed by atoms with Crippen LogP contribution < -0.4 is 14.8 Å². The van der Waals surface area contributed by atoms with Crippen molar-refractivity contribution >= 4 is 12.4 Å². The van der Waals surface area contributed by atoms with Crippen molar-refractivity contribution in [3.05, 3.63) is 23.8 Å². The standard InChI is InChI=1S/C13H15NO5/c15-8-14-10(7-13(16)17)9-2-3-11-12(6-9)19-5-1-4-18-11/h2-3,6,8,10H,1,4-5,7H2,(H,14,15)(H,16,17)/t10-/m1/s1. The maximum Gasteiger partial charge on any atom is 0.305 e. The van der Waals surface area contributed by atoms with Crippen molar-refractivity contribution in [2.75, 3.05) is 13.2 Å². The fourth-order valence-electron chi connectivity index (χ4n) is 1.93. The van der Waals surface area contributed by atoms with Gasteiger partial charge in [-0.05, 0) is 17.7 Å². The van der Waals surface area contributed by atoms with Gasteiger partial charge in [0.1, 0.15) is 0 Å². The molecule has 2 N–H and O–H groups in total. The first-order chi connectivity index (χ1) is 9.20. The molecule has 1 heterocycles. The lowest BCUT2D eigenvalue weighted by Crippen LogP contribution is -2.22. The molecule has 1 atom stereocenters. The molecule has 1 aromatic carbocycles. The zero-order chi connectivity index (χ0) is 13.7. The summed E-state index contributed by atoms with van der Waals surface area (Å²) >= 11 is 0. The molecule has 102 valence electrons. The number of carbonyl (C=O) groups excluding carboxylic acids is 1. The van der Waals surface area contributed by atoms with E-state index in [1.165, 1.54) is 0 Å². The smallest absolute Gasteiger partial charge is 0.305 e. The minimum atomic E-state index is -0.980. The third-order valence-corrected chi connectivity index (χ3v) is 2.82. The van der Waals surface area contributed by atoms with E-state index in [1.807, 2.05) is 0 Å². The van der Waals surface area contributed by atoms with Crippen LogP contribution in [0.15, 0.2) is 18.2 Å². The topological polar surface area (TPSA) is 84.9 Å². The number of rotatable bonds is 5. The van der Waals surface area contributed by atoms with Crippen LogP contribution in [0.3, 0.4) is 0 Å². The molecule has 1 aliphatic rings. The molecule has 0 aromatic heterocycles. The van der Waals surface area contributed by atoms with Crippen molar-refractivity contribution in [2.45, 2.75) is 18.9 Å². The van der Waals surface area contributed by atoms with Crippen LogP contribution in [-0.2, 0) is 9.59 Å². The summed E-state index contributed by atoms with van der Waals surface area (Å²) in [7, 11) is 0. The second-order valence-corrected chi connectivity index (χ2v) is 4.19. The maximum absolute atomic E-state index is 10.8. The Morgan fingerprint density at radius 1 is 1.37 bits per heavy atom. The van der Waals surface area contributed by atoms with Gasteiger partial charge in [0.25, 0.3) is 0 Å². The molecule has 6 heteroatoms. The molecule has 0 unspecified atom stereocenters. The van der Waals surface area contributed by atoms with Gasteiger partial charge in [-0.3, -0.25) is 9.59 Å². The van der Waals surface area contributed by atoms with E-state index in [9.17, 15) is 9.59 Å². The predicted molar refractivity (Wildman–Crippen MR) is 66.2 cm³/mol. The summed E-state index contributed by atoms with van der Waals surface area (Å²) in [4.78, 5) is 21.3. The number of carboxylic acid groups (broad SMARTS) is 1. The second kappa shape index (κ2) is 6.08. The lowest BCUT2D eigenvalue weighted by molar-refractivity contribution is -0.137. The molecule has 0 saturated heterocycles. The Morgan fingerprint density at radius 2 is 2.11 bits per heavy atom.